The fourth-order valence-electron chi connectivity index (χ4n) is 9.63. The van der Waals surface area contributed by atoms with Crippen LogP contribution in [0.1, 0.15) is 68.6 Å². The van der Waals surface area contributed by atoms with Crippen LogP contribution in [0, 0.1) is 23.7 Å². The lowest BCUT2D eigenvalue weighted by Crippen LogP contribution is -2.73. The number of aromatic nitrogens is 1. The Bertz CT molecular complexity index is 2410. The second-order valence-corrected chi connectivity index (χ2v) is 18.4. The molecule has 3 aliphatic carbocycles. The van der Waals surface area contributed by atoms with Crippen LogP contribution < -0.4 is 30.7 Å². The number of fused-ring (bicyclic) bond motifs is 6. The number of nitrogens with one attached hydrogen (secondary N) is 3. The molecule has 17 heteroatoms. The smallest absolute Gasteiger partial charge is 0.402 e. The van der Waals surface area contributed by atoms with Crippen molar-refractivity contribution in [3.63, 3.8) is 0 Å². The van der Waals surface area contributed by atoms with Crippen molar-refractivity contribution in [2.45, 2.75) is 70.9 Å². The summed E-state index contributed by atoms with van der Waals surface area (Å²) in [6, 6.07) is 9.24. The molecule has 302 valence electrons. The third-order valence-corrected chi connectivity index (χ3v) is 13.6. The summed E-state index contributed by atoms with van der Waals surface area (Å²) in [6.07, 6.45) is 2.75. The summed E-state index contributed by atoms with van der Waals surface area (Å²) in [7, 11) is -4.93. The van der Waals surface area contributed by atoms with Gasteiger partial charge in [0.2, 0.25) is 23.6 Å². The van der Waals surface area contributed by atoms with Crippen LogP contribution in [0.3, 0.4) is 0 Å². The predicted octanol–water partition coefficient (Wildman–Crippen LogP) is 5.74. The Kier molecular flexibility index (Phi) is 9.73. The lowest BCUT2D eigenvalue weighted by atomic mass is 9.34. The zero-order valence-electron chi connectivity index (χ0n) is 31.9. The van der Waals surface area contributed by atoms with Crippen LogP contribution in [-0.4, -0.2) is 75.3 Å². The van der Waals surface area contributed by atoms with Gasteiger partial charge in [0.25, 0.3) is 0 Å². The number of hydrogen-bond acceptors (Lipinski definition) is 7. The number of H-pyrrole nitrogens is 1. The van der Waals surface area contributed by atoms with E-state index in [9.17, 15) is 33.5 Å². The lowest BCUT2D eigenvalue weighted by Gasteiger charge is -2.69. The number of aryl methyl sites for hydroxylation is 1. The zero-order valence-corrected chi connectivity index (χ0v) is 34.3. The number of aromatic amines is 1. The molecule has 3 aromatic carbocycles. The Labute approximate surface area is 339 Å². The minimum atomic E-state index is -4.93. The Hall–Kier alpha value is -4.17. The molecule has 5 aliphatic rings. The van der Waals surface area contributed by atoms with E-state index in [2.05, 4.69) is 15.6 Å². The number of anilines is 3. The molecule has 3 heterocycles. The molecular weight excluding hydrogens is 794 g/mol. The average Bonchev–Trinajstić information content (AvgIpc) is 3.82. The van der Waals surface area contributed by atoms with Crippen molar-refractivity contribution in [2.75, 3.05) is 40.0 Å². The topological polar surface area (TPSA) is 207 Å². The standard InChI is InChI=1S/C40H45Cl2N6O8P/c1-19(2)33(43)36(50)45-21(4)35(49)46-26-9-27-31(25-8-6-5-7-24(25)26)22(11-41)14-47(27)37(51)39-16-40(17-39,18-39)38(52)48-15-23(12-42)32-28(48)10-29(56-57(53,54)55)34-30(32)20(3)13-44-34/h5-10,13,19,21-23,33,44H,11-12,14-18,43H2,1-4H3,(H,45,50)(H,46,49)(H2,53,54,55)/t21-,22+,23+,33-,39?,40?/m0/s1. The molecule has 0 radical (unpaired) electrons. The largest absolute Gasteiger partial charge is 0.524 e. The highest BCUT2D eigenvalue weighted by atomic mass is 35.5. The third-order valence-electron chi connectivity index (χ3n) is 12.5. The van der Waals surface area contributed by atoms with Crippen LogP contribution in [0.2, 0.25) is 0 Å². The second kappa shape index (κ2) is 14.0. The van der Waals surface area contributed by atoms with Gasteiger partial charge in [-0.15, -0.1) is 23.2 Å². The Morgan fingerprint density at radius 3 is 2.05 bits per heavy atom. The summed E-state index contributed by atoms with van der Waals surface area (Å²) >= 11 is 13.0. The molecule has 14 nitrogen and oxygen atoms in total. The first-order chi connectivity index (χ1) is 26.9. The first kappa shape index (κ1) is 39.6. The number of phosphoric acid groups is 1. The number of amides is 4. The molecule has 1 aromatic heterocycles. The van der Waals surface area contributed by atoms with Gasteiger partial charge in [0.05, 0.1) is 33.8 Å². The van der Waals surface area contributed by atoms with Gasteiger partial charge in [0.15, 0.2) is 5.75 Å². The van der Waals surface area contributed by atoms with Gasteiger partial charge < -0.3 is 35.7 Å². The highest BCUT2D eigenvalue weighted by molar-refractivity contribution is 7.46. The second-order valence-electron chi connectivity index (χ2n) is 16.6. The van der Waals surface area contributed by atoms with Crippen molar-refractivity contribution in [1.82, 2.24) is 10.3 Å². The maximum Gasteiger partial charge on any atom is 0.524 e. The molecule has 4 amide bonds. The molecule has 0 saturated heterocycles. The average molecular weight is 840 g/mol. The lowest BCUT2D eigenvalue weighted by molar-refractivity contribution is -0.205. The quantitative estimate of drug-likeness (QED) is 0.0804. The summed E-state index contributed by atoms with van der Waals surface area (Å²) in [5.74, 6) is -1.24. The Morgan fingerprint density at radius 2 is 1.49 bits per heavy atom. The number of hydrogen-bond donors (Lipinski definition) is 6. The maximum absolute atomic E-state index is 14.6. The molecule has 3 fully saturated rings. The number of phosphoric ester groups is 1. The van der Waals surface area contributed by atoms with Crippen molar-refractivity contribution < 1.29 is 38.1 Å². The molecule has 4 atom stereocenters. The molecule has 9 rings (SSSR count). The molecule has 0 spiro atoms. The third kappa shape index (κ3) is 6.31. The molecule has 0 unspecified atom stereocenters. The van der Waals surface area contributed by atoms with Crippen LogP contribution in [0.15, 0.2) is 42.6 Å². The molecule has 3 saturated carbocycles. The van der Waals surface area contributed by atoms with E-state index in [-0.39, 0.29) is 53.6 Å². The molecule has 7 N–H and O–H groups in total. The van der Waals surface area contributed by atoms with Crippen LogP contribution in [0.4, 0.5) is 17.1 Å². The van der Waals surface area contributed by atoms with Crippen molar-refractivity contribution in [2.24, 2.45) is 22.5 Å². The predicted molar refractivity (Wildman–Crippen MR) is 219 cm³/mol. The van der Waals surface area contributed by atoms with Gasteiger partial charge in [0.1, 0.15) is 6.04 Å². The van der Waals surface area contributed by atoms with Crippen LogP contribution >= 0.6 is 31.0 Å². The Morgan fingerprint density at radius 1 is 0.930 bits per heavy atom. The van der Waals surface area contributed by atoms with E-state index in [1.165, 1.54) is 6.07 Å². The highest BCUT2D eigenvalue weighted by Crippen LogP contribution is 2.75. The number of alkyl halides is 2. The van der Waals surface area contributed by atoms with Gasteiger partial charge in [-0.1, -0.05) is 38.1 Å². The molecule has 57 heavy (non-hydrogen) atoms. The van der Waals surface area contributed by atoms with E-state index < -0.39 is 42.6 Å². The molecule has 2 aliphatic heterocycles. The SMILES string of the molecule is Cc1c[nH]c2c(OP(=O)(O)O)cc3c(c12)[C@H](CCl)CN3C(=O)C12CC(C(=O)N3C[C@@H](CCl)c4c3cc(NC(=O)[C@H](C)NC(=O)[C@@H](N)C(C)C)c3ccccc43)(C1)C2. The summed E-state index contributed by atoms with van der Waals surface area (Å²) in [5, 5.41) is 8.00. The van der Waals surface area contributed by atoms with Gasteiger partial charge >= 0.3 is 7.82 Å². The first-order valence-electron chi connectivity index (χ1n) is 19.0. The minimum absolute atomic E-state index is 0.0680. The number of carbonyl (C=O) groups is 4. The van der Waals surface area contributed by atoms with E-state index in [4.69, 9.17) is 33.5 Å². The summed E-state index contributed by atoms with van der Waals surface area (Å²) < 4.78 is 17.0. The van der Waals surface area contributed by atoms with Crippen molar-refractivity contribution in [1.29, 1.82) is 0 Å². The number of halogens is 2. The van der Waals surface area contributed by atoms with Crippen molar-refractivity contribution >= 4 is 93.4 Å². The molecular formula is C40H45Cl2N6O8P. The van der Waals surface area contributed by atoms with Gasteiger partial charge in [-0.25, -0.2) is 4.57 Å². The zero-order chi connectivity index (χ0) is 40.9. The number of carbonyl (C=O) groups excluding carboxylic acids is 4. The number of rotatable bonds is 11. The summed E-state index contributed by atoms with van der Waals surface area (Å²) in [6.45, 7) is 7.73. The molecule has 4 aromatic rings. The van der Waals surface area contributed by atoms with E-state index in [0.717, 1.165) is 27.5 Å². The first-order valence-corrected chi connectivity index (χ1v) is 21.6. The normalized spacial score (nSPS) is 24.5. The van der Waals surface area contributed by atoms with E-state index in [0.29, 0.717) is 53.8 Å². The molecule has 2 bridgehead atoms. The van der Waals surface area contributed by atoms with Crippen molar-refractivity contribution in [3.8, 4) is 5.75 Å². The minimum Gasteiger partial charge on any atom is -0.402 e. The van der Waals surface area contributed by atoms with Gasteiger partial charge in [-0.2, -0.15) is 0 Å². The number of nitrogens with two attached hydrogens (primary N) is 1. The fourth-order valence-corrected chi connectivity index (χ4v) is 10.5. The van der Waals surface area contributed by atoms with Gasteiger partial charge in [-0.05, 0) is 67.2 Å². The highest BCUT2D eigenvalue weighted by Gasteiger charge is 2.76. The van der Waals surface area contributed by atoms with E-state index >= 15 is 0 Å². The van der Waals surface area contributed by atoms with E-state index in [1.54, 1.807) is 29.0 Å². The van der Waals surface area contributed by atoms with Crippen molar-refractivity contribution in [3.05, 3.63) is 59.3 Å². The number of benzene rings is 3. The fraction of sp³-hybridized carbons (Fsp3) is 0.450. The van der Waals surface area contributed by atoms with E-state index in [1.807, 2.05) is 45.0 Å². The maximum atomic E-state index is 14.6. The van der Waals surface area contributed by atoms with Crippen LogP contribution in [0.25, 0.3) is 21.7 Å². The Balaban J connectivity index is 1.06. The summed E-state index contributed by atoms with van der Waals surface area (Å²) in [4.78, 5) is 81.1. The van der Waals surface area contributed by atoms with Gasteiger partial charge in [-0.3, -0.25) is 29.0 Å². The van der Waals surface area contributed by atoms with Crippen LogP contribution in [0.5, 0.6) is 5.75 Å². The summed E-state index contributed by atoms with van der Waals surface area (Å²) in [5.41, 5.74) is 9.04. The number of nitrogens with zero attached hydrogens (tertiary/aromatic N) is 2. The van der Waals surface area contributed by atoms with Gasteiger partial charge in [0, 0.05) is 65.4 Å². The van der Waals surface area contributed by atoms with Crippen LogP contribution in [-0.2, 0) is 23.7 Å². The monoisotopic (exact) mass is 838 g/mol.